The molecule has 0 amide bonds. The fourth-order valence-corrected chi connectivity index (χ4v) is 2.65. The maximum Gasteiger partial charge on any atom is 0.305 e. The van der Waals surface area contributed by atoms with Crippen molar-refractivity contribution < 1.29 is 14.6 Å². The Balaban J connectivity index is 2.28. The lowest BCUT2D eigenvalue weighted by atomic mass is 9.88. The zero-order chi connectivity index (χ0) is 16.8. The molecule has 0 radical (unpaired) electrons. The predicted molar refractivity (Wildman–Crippen MR) is 89.6 cm³/mol. The van der Waals surface area contributed by atoms with E-state index in [-0.39, 0.29) is 18.3 Å². The number of aliphatic hydroxyl groups is 1. The van der Waals surface area contributed by atoms with E-state index >= 15 is 0 Å². The molecule has 0 aliphatic rings. The average molecular weight is 354 g/mol. The summed E-state index contributed by atoms with van der Waals surface area (Å²) in [6.45, 7) is 0. The van der Waals surface area contributed by atoms with Gasteiger partial charge in [-0.2, -0.15) is 0 Å². The minimum Gasteiger partial charge on any atom is -0.469 e. The van der Waals surface area contributed by atoms with E-state index in [9.17, 15) is 9.90 Å². The summed E-state index contributed by atoms with van der Waals surface area (Å²) in [5, 5.41) is 11.8. The molecule has 0 aliphatic heterocycles. The first kappa shape index (κ1) is 17.7. The number of rotatable bonds is 6. The first-order valence-electron chi connectivity index (χ1n) is 7.13. The van der Waals surface area contributed by atoms with Crippen LogP contribution >= 0.6 is 23.2 Å². The number of aliphatic hydroxyl groups excluding tert-OH is 1. The Labute approximate surface area is 145 Å². The largest absolute Gasteiger partial charge is 0.469 e. The molecule has 122 valence electrons. The Morgan fingerprint density at radius 3 is 2.52 bits per heavy atom. The number of halogens is 2. The highest BCUT2D eigenvalue weighted by Gasteiger charge is 2.25. The Morgan fingerprint density at radius 2 is 1.91 bits per heavy atom. The molecule has 0 fully saturated rings. The highest BCUT2D eigenvalue weighted by molar-refractivity contribution is 6.30. The smallest absolute Gasteiger partial charge is 0.305 e. The van der Waals surface area contributed by atoms with Gasteiger partial charge in [-0.05, 0) is 36.2 Å². The molecular formula is C17H17Cl2NO3. The molecule has 0 aliphatic carbocycles. The van der Waals surface area contributed by atoms with Crippen molar-refractivity contribution in [1.82, 2.24) is 4.98 Å². The molecular weight excluding hydrogens is 337 g/mol. The molecule has 2 atom stereocenters. The summed E-state index contributed by atoms with van der Waals surface area (Å²) in [5.74, 6) is -0.714. The number of nitrogens with zero attached hydrogens (tertiary/aromatic N) is 1. The third-order valence-corrected chi connectivity index (χ3v) is 4.09. The van der Waals surface area contributed by atoms with Gasteiger partial charge in [0.15, 0.2) is 0 Å². The zero-order valence-electron chi connectivity index (χ0n) is 12.6. The number of pyridine rings is 1. The highest BCUT2D eigenvalue weighted by atomic mass is 35.5. The van der Waals surface area contributed by atoms with Crippen molar-refractivity contribution >= 4 is 29.2 Å². The van der Waals surface area contributed by atoms with Gasteiger partial charge in [0, 0.05) is 34.3 Å². The topological polar surface area (TPSA) is 59.4 Å². The molecule has 0 saturated heterocycles. The molecule has 6 heteroatoms. The molecule has 2 unspecified atom stereocenters. The maximum atomic E-state index is 11.5. The van der Waals surface area contributed by atoms with Crippen LogP contribution in [0.25, 0.3) is 0 Å². The van der Waals surface area contributed by atoms with E-state index in [4.69, 9.17) is 23.2 Å². The number of aromatic nitrogens is 1. The lowest BCUT2D eigenvalue weighted by Gasteiger charge is -2.23. The molecule has 2 aromatic rings. The fourth-order valence-electron chi connectivity index (χ4n) is 2.36. The van der Waals surface area contributed by atoms with Gasteiger partial charge in [-0.15, -0.1) is 0 Å². The highest BCUT2D eigenvalue weighted by Crippen LogP contribution is 2.35. The van der Waals surface area contributed by atoms with Crippen LogP contribution in [0.2, 0.25) is 10.0 Å². The quantitative estimate of drug-likeness (QED) is 0.792. The number of ether oxygens (including phenoxy) is 1. The second-order valence-electron chi connectivity index (χ2n) is 5.12. The van der Waals surface area contributed by atoms with E-state index < -0.39 is 6.10 Å². The Hall–Kier alpha value is -1.62. The summed E-state index contributed by atoms with van der Waals surface area (Å²) in [5.41, 5.74) is 1.33. The van der Waals surface area contributed by atoms with Crippen molar-refractivity contribution in [2.45, 2.75) is 24.9 Å². The van der Waals surface area contributed by atoms with Crippen LogP contribution in [0.5, 0.6) is 0 Å². The Bertz CT molecular complexity index is 661. The van der Waals surface area contributed by atoms with Gasteiger partial charge in [0.1, 0.15) is 0 Å². The standard InChI is InChI=1S/C17H17Cl2NO3/c1-23-16(21)7-6-14(15-10-13(19)8-9-20-15)17(22)11-2-4-12(18)5-3-11/h2-5,8-10,14,17,22H,6-7H2,1H3. The summed E-state index contributed by atoms with van der Waals surface area (Å²) in [7, 11) is 1.34. The van der Waals surface area contributed by atoms with E-state index in [1.54, 1.807) is 42.6 Å². The first-order valence-corrected chi connectivity index (χ1v) is 7.88. The van der Waals surface area contributed by atoms with E-state index in [0.29, 0.717) is 27.7 Å². The second kappa shape index (κ2) is 8.29. The van der Waals surface area contributed by atoms with Gasteiger partial charge in [-0.3, -0.25) is 9.78 Å². The third kappa shape index (κ3) is 4.93. The molecule has 2 rings (SSSR count). The minimum absolute atomic E-state index is 0.181. The molecule has 4 nitrogen and oxygen atoms in total. The summed E-state index contributed by atoms with van der Waals surface area (Å²) >= 11 is 11.9. The Morgan fingerprint density at radius 1 is 1.22 bits per heavy atom. The van der Waals surface area contributed by atoms with Crippen molar-refractivity contribution in [2.75, 3.05) is 7.11 Å². The summed E-state index contributed by atoms with van der Waals surface area (Å²) < 4.78 is 4.68. The summed E-state index contributed by atoms with van der Waals surface area (Å²) in [4.78, 5) is 15.7. The lowest BCUT2D eigenvalue weighted by Crippen LogP contribution is -2.15. The molecule has 0 saturated carbocycles. The van der Waals surface area contributed by atoms with E-state index in [0.717, 1.165) is 0 Å². The van der Waals surface area contributed by atoms with Crippen molar-refractivity contribution in [3.8, 4) is 0 Å². The third-order valence-electron chi connectivity index (χ3n) is 3.60. The predicted octanol–water partition coefficient (Wildman–Crippen LogP) is 4.16. The number of esters is 1. The van der Waals surface area contributed by atoms with Crippen LogP contribution in [0.3, 0.4) is 0 Å². The second-order valence-corrected chi connectivity index (χ2v) is 5.99. The minimum atomic E-state index is -0.831. The van der Waals surface area contributed by atoms with Gasteiger partial charge in [-0.1, -0.05) is 35.3 Å². The van der Waals surface area contributed by atoms with Gasteiger partial charge in [-0.25, -0.2) is 0 Å². The van der Waals surface area contributed by atoms with Gasteiger partial charge in [0.25, 0.3) is 0 Å². The number of methoxy groups -OCH3 is 1. The molecule has 1 N–H and O–H groups in total. The SMILES string of the molecule is COC(=O)CCC(c1cc(Cl)ccn1)C(O)c1ccc(Cl)cc1. The van der Waals surface area contributed by atoms with Gasteiger partial charge in [0.05, 0.1) is 13.2 Å². The molecule has 1 heterocycles. The first-order chi connectivity index (χ1) is 11.0. The zero-order valence-corrected chi connectivity index (χ0v) is 14.1. The van der Waals surface area contributed by atoms with Crippen LogP contribution in [0.4, 0.5) is 0 Å². The number of benzene rings is 1. The van der Waals surface area contributed by atoms with Crippen molar-refractivity contribution in [2.24, 2.45) is 0 Å². The molecule has 1 aromatic carbocycles. The van der Waals surface area contributed by atoms with Crippen LogP contribution in [-0.4, -0.2) is 23.2 Å². The van der Waals surface area contributed by atoms with Crippen LogP contribution in [0.1, 0.15) is 36.1 Å². The van der Waals surface area contributed by atoms with Crippen LogP contribution < -0.4 is 0 Å². The summed E-state index contributed by atoms with van der Waals surface area (Å²) in [6.07, 6.45) is 1.32. The molecule has 23 heavy (non-hydrogen) atoms. The number of hydrogen-bond acceptors (Lipinski definition) is 4. The van der Waals surface area contributed by atoms with E-state index in [1.807, 2.05) is 0 Å². The Kier molecular flexibility index (Phi) is 6.39. The fraction of sp³-hybridized carbons (Fsp3) is 0.294. The van der Waals surface area contributed by atoms with Crippen LogP contribution in [0.15, 0.2) is 42.6 Å². The molecule has 1 aromatic heterocycles. The molecule has 0 bridgehead atoms. The average Bonchev–Trinajstić information content (AvgIpc) is 2.55. The normalized spacial score (nSPS) is 13.4. The molecule has 0 spiro atoms. The van der Waals surface area contributed by atoms with Gasteiger partial charge in [0.2, 0.25) is 0 Å². The number of carbonyl (C=O) groups is 1. The summed E-state index contributed by atoms with van der Waals surface area (Å²) in [6, 6.07) is 10.3. The van der Waals surface area contributed by atoms with E-state index in [2.05, 4.69) is 9.72 Å². The number of hydrogen-bond donors (Lipinski definition) is 1. The van der Waals surface area contributed by atoms with Crippen LogP contribution in [0, 0.1) is 0 Å². The monoisotopic (exact) mass is 353 g/mol. The van der Waals surface area contributed by atoms with Crippen molar-refractivity contribution in [3.05, 3.63) is 63.9 Å². The van der Waals surface area contributed by atoms with Gasteiger partial charge < -0.3 is 9.84 Å². The van der Waals surface area contributed by atoms with Gasteiger partial charge >= 0.3 is 5.97 Å². The maximum absolute atomic E-state index is 11.5. The van der Waals surface area contributed by atoms with E-state index in [1.165, 1.54) is 7.11 Å². The number of carbonyl (C=O) groups excluding carboxylic acids is 1. The van der Waals surface area contributed by atoms with Crippen LogP contribution in [-0.2, 0) is 9.53 Å². The van der Waals surface area contributed by atoms with Crippen molar-refractivity contribution in [1.29, 1.82) is 0 Å². The lowest BCUT2D eigenvalue weighted by molar-refractivity contribution is -0.140. The van der Waals surface area contributed by atoms with Crippen molar-refractivity contribution in [3.63, 3.8) is 0 Å².